The number of halogens is 1. The van der Waals surface area contributed by atoms with Gasteiger partial charge in [-0.25, -0.2) is 9.29 Å². The Bertz CT molecular complexity index is 955. The first-order chi connectivity index (χ1) is 13.5. The number of amides is 3. The first kappa shape index (κ1) is 18.3. The molecule has 1 fully saturated rings. The number of nitrogens with one attached hydrogen (secondary N) is 1. The van der Waals surface area contributed by atoms with E-state index in [1.807, 2.05) is 0 Å². The second-order valence-electron chi connectivity index (χ2n) is 7.52. The molecule has 4 rings (SSSR count). The van der Waals surface area contributed by atoms with Crippen LogP contribution in [0.5, 0.6) is 0 Å². The maximum Gasteiger partial charge on any atom is 0.266 e. The Labute approximate surface area is 162 Å². The van der Waals surface area contributed by atoms with Crippen LogP contribution in [0.2, 0.25) is 0 Å². The molecule has 1 N–H and O–H groups in total. The molecule has 2 aromatic carbocycles. The molecule has 0 radical (unpaired) electrons. The smallest absolute Gasteiger partial charge is 0.266 e. The van der Waals surface area contributed by atoms with E-state index in [0.717, 1.165) is 24.2 Å². The van der Waals surface area contributed by atoms with Crippen LogP contribution in [-0.2, 0) is 0 Å². The van der Waals surface area contributed by atoms with Gasteiger partial charge in [0.15, 0.2) is 0 Å². The standard InChI is InChI=1S/C22H21FN2O3/c1-13-4-2-3-5-19(13)24-20(26)14-6-11-17-18(12-14)22(28)25(21(17)27)16-9-7-15(23)8-10-16/h6-13,19H,2-5H2,1H3,(H,24,26)/t13-,19+/m1/s1. The quantitative estimate of drug-likeness (QED) is 0.821. The summed E-state index contributed by atoms with van der Waals surface area (Å²) in [5.74, 6) is -1.24. The minimum atomic E-state index is -0.507. The number of carbonyl (C=O) groups is 3. The van der Waals surface area contributed by atoms with Crippen molar-refractivity contribution < 1.29 is 18.8 Å². The fourth-order valence-electron chi connectivity index (χ4n) is 3.99. The highest BCUT2D eigenvalue weighted by atomic mass is 19.1. The van der Waals surface area contributed by atoms with Gasteiger partial charge >= 0.3 is 0 Å². The molecule has 0 spiro atoms. The van der Waals surface area contributed by atoms with Crippen molar-refractivity contribution in [1.29, 1.82) is 0 Å². The molecule has 2 aromatic rings. The topological polar surface area (TPSA) is 66.5 Å². The minimum Gasteiger partial charge on any atom is -0.349 e. The van der Waals surface area contributed by atoms with Gasteiger partial charge in [0.1, 0.15) is 5.82 Å². The third kappa shape index (κ3) is 3.19. The van der Waals surface area contributed by atoms with E-state index < -0.39 is 17.6 Å². The lowest BCUT2D eigenvalue weighted by molar-refractivity contribution is 0.0906. The summed E-state index contributed by atoms with van der Waals surface area (Å²) in [4.78, 5) is 39.1. The molecule has 1 saturated carbocycles. The number of hydrogen-bond donors (Lipinski definition) is 1. The Kier molecular flexibility index (Phi) is 4.71. The number of anilines is 1. The van der Waals surface area contributed by atoms with Gasteiger partial charge in [0.25, 0.3) is 17.7 Å². The number of carbonyl (C=O) groups excluding carboxylic acids is 3. The number of nitrogens with zero attached hydrogens (tertiary/aromatic N) is 1. The van der Waals surface area contributed by atoms with Gasteiger partial charge < -0.3 is 5.32 Å². The molecule has 28 heavy (non-hydrogen) atoms. The molecule has 144 valence electrons. The van der Waals surface area contributed by atoms with Gasteiger partial charge in [-0.3, -0.25) is 14.4 Å². The molecule has 0 aromatic heterocycles. The van der Waals surface area contributed by atoms with Crippen molar-refractivity contribution in [3.63, 3.8) is 0 Å². The largest absolute Gasteiger partial charge is 0.349 e. The van der Waals surface area contributed by atoms with E-state index in [4.69, 9.17) is 0 Å². The van der Waals surface area contributed by atoms with Crippen molar-refractivity contribution in [2.75, 3.05) is 4.90 Å². The average molecular weight is 380 g/mol. The highest BCUT2D eigenvalue weighted by Crippen LogP contribution is 2.29. The highest BCUT2D eigenvalue weighted by Gasteiger charge is 2.37. The van der Waals surface area contributed by atoms with E-state index in [-0.39, 0.29) is 23.1 Å². The summed E-state index contributed by atoms with van der Waals surface area (Å²) in [7, 11) is 0. The lowest BCUT2D eigenvalue weighted by atomic mass is 9.86. The van der Waals surface area contributed by atoms with E-state index in [9.17, 15) is 18.8 Å². The summed E-state index contributed by atoms with van der Waals surface area (Å²) in [6.07, 6.45) is 4.32. The summed E-state index contributed by atoms with van der Waals surface area (Å²) < 4.78 is 13.2. The Morgan fingerprint density at radius 1 is 1.00 bits per heavy atom. The first-order valence-corrected chi connectivity index (χ1v) is 9.55. The third-order valence-corrected chi connectivity index (χ3v) is 5.66. The van der Waals surface area contributed by atoms with Crippen LogP contribution in [0.25, 0.3) is 0 Å². The van der Waals surface area contributed by atoms with E-state index >= 15 is 0 Å². The lowest BCUT2D eigenvalue weighted by Gasteiger charge is -2.29. The zero-order valence-electron chi connectivity index (χ0n) is 15.6. The zero-order valence-corrected chi connectivity index (χ0v) is 15.6. The van der Waals surface area contributed by atoms with Crippen molar-refractivity contribution in [3.05, 3.63) is 65.0 Å². The van der Waals surface area contributed by atoms with Gasteiger partial charge in [-0.05, 0) is 61.2 Å². The van der Waals surface area contributed by atoms with Crippen molar-refractivity contribution in [1.82, 2.24) is 5.32 Å². The number of benzene rings is 2. The number of imide groups is 1. The summed E-state index contributed by atoms with van der Waals surface area (Å²) in [5, 5.41) is 3.06. The molecule has 0 saturated heterocycles. The maximum atomic E-state index is 13.2. The highest BCUT2D eigenvalue weighted by molar-refractivity contribution is 6.34. The molecule has 0 unspecified atom stereocenters. The SMILES string of the molecule is C[C@@H]1CCCC[C@@H]1NC(=O)c1ccc2c(c1)C(=O)N(c1ccc(F)cc1)C2=O. The second-order valence-corrected chi connectivity index (χ2v) is 7.52. The Balaban J connectivity index is 1.58. The monoisotopic (exact) mass is 380 g/mol. The zero-order chi connectivity index (χ0) is 19.8. The maximum absolute atomic E-state index is 13.2. The van der Waals surface area contributed by atoms with E-state index in [2.05, 4.69) is 12.2 Å². The molecule has 2 atom stereocenters. The number of rotatable bonds is 3. The predicted octanol–water partition coefficient (Wildman–Crippen LogP) is 3.93. The molecule has 0 bridgehead atoms. The molecule has 1 aliphatic heterocycles. The Morgan fingerprint density at radius 2 is 1.68 bits per heavy atom. The van der Waals surface area contributed by atoms with Gasteiger partial charge in [-0.2, -0.15) is 0 Å². The van der Waals surface area contributed by atoms with Gasteiger partial charge in [-0.1, -0.05) is 19.8 Å². The summed E-state index contributed by atoms with van der Waals surface area (Å²) in [5.41, 5.74) is 1.10. The first-order valence-electron chi connectivity index (χ1n) is 9.55. The van der Waals surface area contributed by atoms with Gasteiger partial charge in [0.2, 0.25) is 0 Å². The van der Waals surface area contributed by atoms with Gasteiger partial charge in [0.05, 0.1) is 16.8 Å². The van der Waals surface area contributed by atoms with Crippen LogP contribution >= 0.6 is 0 Å². The van der Waals surface area contributed by atoms with Crippen LogP contribution in [0, 0.1) is 11.7 Å². The van der Waals surface area contributed by atoms with Crippen LogP contribution in [0.4, 0.5) is 10.1 Å². The summed E-state index contributed by atoms with van der Waals surface area (Å²) >= 11 is 0. The van der Waals surface area contributed by atoms with E-state index in [0.29, 0.717) is 17.2 Å². The summed E-state index contributed by atoms with van der Waals surface area (Å²) in [6, 6.07) is 9.85. The van der Waals surface area contributed by atoms with Gasteiger partial charge in [-0.15, -0.1) is 0 Å². The average Bonchev–Trinajstić information content (AvgIpc) is 2.94. The molecule has 6 heteroatoms. The molecular weight excluding hydrogens is 359 g/mol. The van der Waals surface area contributed by atoms with Crippen molar-refractivity contribution in [2.45, 2.75) is 38.6 Å². The fraction of sp³-hybridized carbons (Fsp3) is 0.318. The van der Waals surface area contributed by atoms with Crippen molar-refractivity contribution in [2.24, 2.45) is 5.92 Å². The van der Waals surface area contributed by atoms with Crippen LogP contribution in [-0.4, -0.2) is 23.8 Å². The van der Waals surface area contributed by atoms with Crippen LogP contribution in [0.15, 0.2) is 42.5 Å². The van der Waals surface area contributed by atoms with Crippen molar-refractivity contribution >= 4 is 23.4 Å². The Morgan fingerprint density at radius 3 is 2.39 bits per heavy atom. The number of hydrogen-bond acceptors (Lipinski definition) is 3. The van der Waals surface area contributed by atoms with Crippen LogP contribution in [0.1, 0.15) is 63.7 Å². The van der Waals surface area contributed by atoms with E-state index in [1.54, 1.807) is 6.07 Å². The second kappa shape index (κ2) is 7.19. The fourth-order valence-corrected chi connectivity index (χ4v) is 3.99. The molecule has 2 aliphatic rings. The minimum absolute atomic E-state index is 0.127. The normalized spacial score (nSPS) is 21.6. The Hall–Kier alpha value is -3.02. The molecule has 1 heterocycles. The number of fused-ring (bicyclic) bond motifs is 1. The molecule has 3 amide bonds. The lowest BCUT2D eigenvalue weighted by Crippen LogP contribution is -2.41. The molecular formula is C22H21FN2O3. The third-order valence-electron chi connectivity index (χ3n) is 5.66. The van der Waals surface area contributed by atoms with E-state index in [1.165, 1.54) is 42.8 Å². The van der Waals surface area contributed by atoms with Crippen molar-refractivity contribution in [3.8, 4) is 0 Å². The van der Waals surface area contributed by atoms with Crippen LogP contribution in [0.3, 0.4) is 0 Å². The summed E-state index contributed by atoms with van der Waals surface area (Å²) in [6.45, 7) is 2.13. The predicted molar refractivity (Wildman–Crippen MR) is 103 cm³/mol. The van der Waals surface area contributed by atoms with Gasteiger partial charge in [0, 0.05) is 11.6 Å². The molecule has 5 nitrogen and oxygen atoms in total. The van der Waals surface area contributed by atoms with Crippen LogP contribution < -0.4 is 10.2 Å². The molecule has 1 aliphatic carbocycles.